The van der Waals surface area contributed by atoms with Crippen LogP contribution in [0.25, 0.3) is 11.4 Å². The van der Waals surface area contributed by atoms with Crippen LogP contribution in [-0.4, -0.2) is 75.5 Å². The molecule has 2 N–H and O–H groups in total. The third-order valence-corrected chi connectivity index (χ3v) is 5.31. The zero-order chi connectivity index (χ0) is 21.1. The van der Waals surface area contributed by atoms with Gasteiger partial charge in [-0.25, -0.2) is 14.8 Å². The Morgan fingerprint density at radius 1 is 1.00 bits per heavy atom. The molecule has 156 valence electrons. The molecule has 1 aromatic carbocycles. The van der Waals surface area contributed by atoms with E-state index in [1.807, 2.05) is 30.3 Å². The number of amides is 3. The van der Waals surface area contributed by atoms with Crippen molar-refractivity contribution in [2.45, 2.75) is 18.8 Å². The highest BCUT2D eigenvalue weighted by Crippen LogP contribution is 2.39. The van der Waals surface area contributed by atoms with Crippen LogP contribution in [-0.2, 0) is 4.79 Å². The predicted molar refractivity (Wildman–Crippen MR) is 108 cm³/mol. The van der Waals surface area contributed by atoms with E-state index in [-0.39, 0.29) is 31.2 Å². The molecule has 0 unspecified atom stereocenters. The maximum atomic E-state index is 12.7. The highest BCUT2D eigenvalue weighted by molar-refractivity contribution is 5.95. The lowest BCUT2D eigenvalue weighted by molar-refractivity contribution is -0.131. The van der Waals surface area contributed by atoms with Crippen LogP contribution in [0.3, 0.4) is 0 Å². The Bertz CT molecular complexity index is 953. The summed E-state index contributed by atoms with van der Waals surface area (Å²) in [5.74, 6) is 0.192. The third kappa shape index (κ3) is 4.56. The molecule has 9 nitrogen and oxygen atoms in total. The molecule has 3 amide bonds. The zero-order valence-corrected chi connectivity index (χ0v) is 16.5. The largest absolute Gasteiger partial charge is 0.465 e. The average molecular weight is 409 g/mol. The maximum Gasteiger partial charge on any atom is 0.407 e. The Morgan fingerprint density at radius 3 is 2.30 bits per heavy atom. The monoisotopic (exact) mass is 409 g/mol. The number of nitrogens with one attached hydrogen (secondary N) is 1. The van der Waals surface area contributed by atoms with Crippen LogP contribution in [0.2, 0.25) is 0 Å². The minimum absolute atomic E-state index is 0.157. The van der Waals surface area contributed by atoms with Gasteiger partial charge < -0.3 is 20.2 Å². The van der Waals surface area contributed by atoms with Crippen molar-refractivity contribution in [1.29, 1.82) is 0 Å². The van der Waals surface area contributed by atoms with Gasteiger partial charge in [-0.15, -0.1) is 0 Å². The summed E-state index contributed by atoms with van der Waals surface area (Å²) in [6, 6.07) is 11.2. The van der Waals surface area contributed by atoms with Crippen LogP contribution in [0.5, 0.6) is 0 Å². The van der Waals surface area contributed by atoms with Gasteiger partial charge in [-0.2, -0.15) is 0 Å². The van der Waals surface area contributed by atoms with Gasteiger partial charge in [0.25, 0.3) is 5.91 Å². The van der Waals surface area contributed by atoms with Gasteiger partial charge in [0, 0.05) is 43.4 Å². The lowest BCUT2D eigenvalue weighted by Gasteiger charge is -2.33. The Kier molecular flexibility index (Phi) is 5.60. The number of carbonyl (C=O) groups is 3. The standard InChI is InChI=1S/C21H23N5O4/c27-18(25-8-10-26(11-9-25)21(29)30)13-22-20(28)17-12-16(14-6-7-14)23-19(24-17)15-4-2-1-3-5-15/h1-5,12,14H,6-11,13H2,(H,22,28)(H,29,30). The molecule has 1 aliphatic carbocycles. The number of rotatable bonds is 5. The Morgan fingerprint density at radius 2 is 1.67 bits per heavy atom. The molecule has 0 bridgehead atoms. The number of hydrogen-bond acceptors (Lipinski definition) is 5. The molecule has 0 spiro atoms. The summed E-state index contributed by atoms with van der Waals surface area (Å²) in [4.78, 5) is 47.9. The fourth-order valence-electron chi connectivity index (χ4n) is 3.39. The van der Waals surface area contributed by atoms with E-state index in [0.29, 0.717) is 24.8 Å². The van der Waals surface area contributed by atoms with Crippen LogP contribution in [0, 0.1) is 0 Å². The quantitative estimate of drug-likeness (QED) is 0.775. The maximum absolute atomic E-state index is 12.7. The molecule has 4 rings (SSSR count). The number of aromatic nitrogens is 2. The number of piperazine rings is 1. The minimum atomic E-state index is -0.986. The first-order valence-corrected chi connectivity index (χ1v) is 9.99. The van der Waals surface area contributed by atoms with Gasteiger partial charge in [0.2, 0.25) is 5.91 Å². The summed E-state index contributed by atoms with van der Waals surface area (Å²) in [7, 11) is 0. The molecule has 1 aliphatic heterocycles. The van der Waals surface area contributed by atoms with Crippen LogP contribution >= 0.6 is 0 Å². The van der Waals surface area contributed by atoms with Gasteiger partial charge in [-0.05, 0) is 18.9 Å². The van der Waals surface area contributed by atoms with Gasteiger partial charge in [-0.1, -0.05) is 30.3 Å². The summed E-state index contributed by atoms with van der Waals surface area (Å²) < 4.78 is 0. The number of benzene rings is 1. The van der Waals surface area contributed by atoms with Crippen molar-refractivity contribution in [3.8, 4) is 11.4 Å². The van der Waals surface area contributed by atoms with Crippen molar-refractivity contribution in [3.05, 3.63) is 47.8 Å². The SMILES string of the molecule is O=C(NCC(=O)N1CCN(C(=O)O)CC1)c1cc(C2CC2)nc(-c2ccccc2)n1. The number of nitrogens with zero attached hydrogens (tertiary/aromatic N) is 4. The molecular weight excluding hydrogens is 386 g/mol. The molecule has 1 saturated heterocycles. The predicted octanol–water partition coefficient (Wildman–Crippen LogP) is 1.57. The molecule has 2 aromatic rings. The van der Waals surface area contributed by atoms with Crippen LogP contribution in [0.15, 0.2) is 36.4 Å². The minimum Gasteiger partial charge on any atom is -0.465 e. The van der Waals surface area contributed by atoms with Crippen molar-refractivity contribution in [3.63, 3.8) is 0 Å². The number of carbonyl (C=O) groups excluding carboxylic acids is 2. The molecular formula is C21H23N5O4. The van der Waals surface area contributed by atoms with E-state index in [2.05, 4.69) is 15.3 Å². The first-order chi connectivity index (χ1) is 14.5. The van der Waals surface area contributed by atoms with Crippen molar-refractivity contribution in [2.24, 2.45) is 0 Å². The zero-order valence-electron chi connectivity index (χ0n) is 16.5. The second-order valence-electron chi connectivity index (χ2n) is 7.48. The van der Waals surface area contributed by atoms with Crippen molar-refractivity contribution < 1.29 is 19.5 Å². The number of hydrogen-bond donors (Lipinski definition) is 2. The van der Waals surface area contributed by atoms with Crippen LogP contribution in [0.1, 0.15) is 34.9 Å². The molecule has 9 heteroatoms. The second kappa shape index (κ2) is 8.48. The van der Waals surface area contributed by atoms with E-state index < -0.39 is 12.0 Å². The van der Waals surface area contributed by atoms with Gasteiger partial charge in [-0.3, -0.25) is 9.59 Å². The first-order valence-electron chi connectivity index (χ1n) is 9.99. The molecule has 1 saturated carbocycles. The van der Waals surface area contributed by atoms with Gasteiger partial charge in [0.15, 0.2) is 5.82 Å². The molecule has 0 atom stereocenters. The summed E-state index contributed by atoms with van der Waals surface area (Å²) in [6.45, 7) is 1.02. The van der Waals surface area contributed by atoms with E-state index in [0.717, 1.165) is 24.1 Å². The number of carboxylic acid groups (broad SMARTS) is 1. The lowest BCUT2D eigenvalue weighted by atomic mass is 10.1. The molecule has 2 fully saturated rings. The van der Waals surface area contributed by atoms with Gasteiger partial charge >= 0.3 is 6.09 Å². The van der Waals surface area contributed by atoms with E-state index in [1.165, 1.54) is 4.90 Å². The van der Waals surface area contributed by atoms with Gasteiger partial charge in [0.05, 0.1) is 6.54 Å². The summed E-state index contributed by atoms with van der Waals surface area (Å²) in [5, 5.41) is 11.6. The van der Waals surface area contributed by atoms with E-state index in [9.17, 15) is 14.4 Å². The Balaban J connectivity index is 1.41. The van der Waals surface area contributed by atoms with E-state index in [1.54, 1.807) is 11.0 Å². The topological polar surface area (TPSA) is 116 Å². The Hall–Kier alpha value is -3.49. The van der Waals surface area contributed by atoms with Gasteiger partial charge in [0.1, 0.15) is 5.69 Å². The second-order valence-corrected chi connectivity index (χ2v) is 7.48. The highest BCUT2D eigenvalue weighted by Gasteiger charge is 2.28. The Labute approximate surface area is 173 Å². The van der Waals surface area contributed by atoms with E-state index in [4.69, 9.17) is 5.11 Å². The molecule has 1 aromatic heterocycles. The van der Waals surface area contributed by atoms with Crippen LogP contribution in [0.4, 0.5) is 4.79 Å². The van der Waals surface area contributed by atoms with Crippen molar-refractivity contribution >= 4 is 17.9 Å². The van der Waals surface area contributed by atoms with Crippen molar-refractivity contribution in [1.82, 2.24) is 25.1 Å². The molecule has 2 heterocycles. The molecule has 2 aliphatic rings. The van der Waals surface area contributed by atoms with Crippen LogP contribution < -0.4 is 5.32 Å². The summed E-state index contributed by atoms with van der Waals surface area (Å²) >= 11 is 0. The van der Waals surface area contributed by atoms with E-state index >= 15 is 0 Å². The smallest absolute Gasteiger partial charge is 0.407 e. The lowest BCUT2D eigenvalue weighted by Crippen LogP contribution is -2.52. The summed E-state index contributed by atoms with van der Waals surface area (Å²) in [5.41, 5.74) is 1.93. The first kappa shape index (κ1) is 19.8. The molecule has 0 radical (unpaired) electrons. The summed E-state index contributed by atoms with van der Waals surface area (Å²) in [6.07, 6.45) is 1.11. The normalized spacial score (nSPS) is 16.3. The van der Waals surface area contributed by atoms with Crippen molar-refractivity contribution in [2.75, 3.05) is 32.7 Å². The average Bonchev–Trinajstić information content (AvgIpc) is 3.63. The fraction of sp³-hybridized carbons (Fsp3) is 0.381. The third-order valence-electron chi connectivity index (χ3n) is 5.31. The fourth-order valence-corrected chi connectivity index (χ4v) is 3.39. The highest BCUT2D eigenvalue weighted by atomic mass is 16.4. The molecule has 30 heavy (non-hydrogen) atoms.